The minimum absolute atomic E-state index is 0.0508. The first-order valence-corrected chi connectivity index (χ1v) is 9.13. The fourth-order valence-corrected chi connectivity index (χ4v) is 4.48. The van der Waals surface area contributed by atoms with Gasteiger partial charge in [-0.15, -0.1) is 0 Å². The summed E-state index contributed by atoms with van der Waals surface area (Å²) in [5, 5.41) is 0. The maximum Gasteiger partial charge on any atom is 0.219 e. The van der Waals surface area contributed by atoms with Crippen LogP contribution >= 0.6 is 15.9 Å². The molecule has 2 aliphatic heterocycles. The number of likely N-dealkylation sites (tertiary alicyclic amines) is 2. The zero-order valence-corrected chi connectivity index (χ0v) is 15.8. The Hall–Kier alpha value is -0.980. The molecule has 0 aromatic heterocycles. The molecule has 2 saturated heterocycles. The largest absolute Gasteiger partial charge is 0.384 e. The number of benzene rings is 1. The van der Waals surface area contributed by atoms with E-state index in [9.17, 15) is 9.18 Å². The second kappa shape index (κ2) is 7.10. The second-order valence-corrected chi connectivity index (χ2v) is 8.03. The van der Waals surface area contributed by atoms with Crippen LogP contribution < -0.4 is 0 Å². The van der Waals surface area contributed by atoms with Gasteiger partial charge in [-0.2, -0.15) is 0 Å². The number of carbonyl (C=O) groups is 1. The summed E-state index contributed by atoms with van der Waals surface area (Å²) in [6.07, 6.45) is 0.980. The van der Waals surface area contributed by atoms with Gasteiger partial charge in [0.1, 0.15) is 5.82 Å². The van der Waals surface area contributed by atoms with Crippen LogP contribution in [0.5, 0.6) is 0 Å². The molecule has 6 heteroatoms. The lowest BCUT2D eigenvalue weighted by Gasteiger charge is -2.43. The number of ether oxygens (including phenoxy) is 1. The fraction of sp³-hybridized carbons (Fsp3) is 0.611. The van der Waals surface area contributed by atoms with E-state index < -0.39 is 0 Å². The number of halogens is 2. The average Bonchev–Trinajstić information content (AvgIpc) is 2.89. The lowest BCUT2D eigenvalue weighted by Crippen LogP contribution is -2.48. The van der Waals surface area contributed by atoms with Crippen LogP contribution in [0.4, 0.5) is 4.39 Å². The summed E-state index contributed by atoms with van der Waals surface area (Å²) >= 11 is 3.30. The first kappa shape index (κ1) is 17.8. The van der Waals surface area contributed by atoms with Crippen molar-refractivity contribution < 1.29 is 13.9 Å². The van der Waals surface area contributed by atoms with Gasteiger partial charge >= 0.3 is 0 Å². The molecule has 2 heterocycles. The van der Waals surface area contributed by atoms with Crippen molar-refractivity contribution in [1.29, 1.82) is 0 Å². The third-order valence-electron chi connectivity index (χ3n) is 5.50. The fourth-order valence-electron chi connectivity index (χ4n) is 4.15. The number of rotatable bonds is 4. The zero-order chi connectivity index (χ0) is 17.3. The number of amides is 1. The number of nitrogens with zero attached hydrogens (tertiary/aromatic N) is 2. The van der Waals surface area contributed by atoms with Gasteiger partial charge in [0, 0.05) is 55.7 Å². The SMILES string of the molecule is COC[C@@]12CCN(Cc3ccc(Br)cc3F)C[C@@H]1CN(C(C)=O)C2. The van der Waals surface area contributed by atoms with Crippen molar-refractivity contribution in [2.75, 3.05) is 39.9 Å². The van der Waals surface area contributed by atoms with Gasteiger partial charge in [-0.3, -0.25) is 9.69 Å². The Morgan fingerprint density at radius 2 is 2.25 bits per heavy atom. The predicted octanol–water partition coefficient (Wildman–Crippen LogP) is 2.91. The maximum atomic E-state index is 14.1. The zero-order valence-electron chi connectivity index (χ0n) is 14.2. The summed E-state index contributed by atoms with van der Waals surface area (Å²) < 4.78 is 20.3. The molecule has 3 rings (SSSR count). The Morgan fingerprint density at radius 3 is 2.92 bits per heavy atom. The van der Waals surface area contributed by atoms with Gasteiger partial charge in [0.05, 0.1) is 6.61 Å². The van der Waals surface area contributed by atoms with Crippen LogP contribution in [0.2, 0.25) is 0 Å². The molecule has 1 aromatic rings. The molecule has 0 saturated carbocycles. The van der Waals surface area contributed by atoms with Crippen LogP contribution in [-0.2, 0) is 16.1 Å². The smallest absolute Gasteiger partial charge is 0.219 e. The molecule has 0 unspecified atom stereocenters. The molecule has 132 valence electrons. The van der Waals surface area contributed by atoms with Crippen molar-refractivity contribution in [2.45, 2.75) is 19.9 Å². The topological polar surface area (TPSA) is 32.8 Å². The summed E-state index contributed by atoms with van der Waals surface area (Å²) in [4.78, 5) is 16.0. The maximum absolute atomic E-state index is 14.1. The Balaban J connectivity index is 1.71. The first-order valence-electron chi connectivity index (χ1n) is 8.34. The molecular formula is C18H24BrFN2O2. The molecule has 4 nitrogen and oxygen atoms in total. The third-order valence-corrected chi connectivity index (χ3v) is 6.00. The number of hydrogen-bond donors (Lipinski definition) is 0. The van der Waals surface area contributed by atoms with Crippen LogP contribution in [-0.4, -0.2) is 55.6 Å². The van der Waals surface area contributed by atoms with E-state index in [0.717, 1.165) is 42.6 Å². The van der Waals surface area contributed by atoms with E-state index in [-0.39, 0.29) is 17.1 Å². The molecule has 0 N–H and O–H groups in total. The molecule has 1 amide bonds. The lowest BCUT2D eigenvalue weighted by molar-refractivity contribution is -0.128. The monoisotopic (exact) mass is 398 g/mol. The van der Waals surface area contributed by atoms with E-state index >= 15 is 0 Å². The van der Waals surface area contributed by atoms with Gasteiger partial charge in [0.25, 0.3) is 0 Å². The van der Waals surface area contributed by atoms with Crippen molar-refractivity contribution in [2.24, 2.45) is 11.3 Å². The Bertz CT molecular complexity index is 627. The summed E-state index contributed by atoms with van der Waals surface area (Å²) in [7, 11) is 1.73. The summed E-state index contributed by atoms with van der Waals surface area (Å²) in [5.74, 6) is 0.342. The van der Waals surface area contributed by atoms with Gasteiger partial charge in [0.15, 0.2) is 0 Å². The van der Waals surface area contributed by atoms with Crippen molar-refractivity contribution in [1.82, 2.24) is 9.80 Å². The molecule has 24 heavy (non-hydrogen) atoms. The van der Waals surface area contributed by atoms with Gasteiger partial charge < -0.3 is 9.64 Å². The number of methoxy groups -OCH3 is 1. The summed E-state index contributed by atoms with van der Waals surface area (Å²) in [6.45, 7) is 6.26. The van der Waals surface area contributed by atoms with Crippen molar-refractivity contribution in [3.05, 3.63) is 34.1 Å². The molecule has 0 bridgehead atoms. The van der Waals surface area contributed by atoms with Crippen molar-refractivity contribution in [3.8, 4) is 0 Å². The molecule has 0 aliphatic carbocycles. The van der Waals surface area contributed by atoms with Crippen LogP contribution in [0.1, 0.15) is 18.9 Å². The van der Waals surface area contributed by atoms with E-state index in [1.54, 1.807) is 14.0 Å². The predicted molar refractivity (Wildman–Crippen MR) is 94.0 cm³/mol. The summed E-state index contributed by atoms with van der Waals surface area (Å²) in [5.41, 5.74) is 0.772. The van der Waals surface area contributed by atoms with Crippen molar-refractivity contribution in [3.63, 3.8) is 0 Å². The molecule has 2 aliphatic rings. The molecule has 2 fully saturated rings. The molecule has 0 spiro atoms. The lowest BCUT2D eigenvalue weighted by atomic mass is 9.73. The minimum atomic E-state index is -0.171. The van der Waals surface area contributed by atoms with Crippen LogP contribution in [0, 0.1) is 17.2 Å². The highest BCUT2D eigenvalue weighted by atomic mass is 79.9. The van der Waals surface area contributed by atoms with E-state index in [0.29, 0.717) is 19.1 Å². The van der Waals surface area contributed by atoms with Gasteiger partial charge in [-0.05, 0) is 31.0 Å². The Kier molecular flexibility index (Phi) is 5.27. The standard InChI is InChI=1S/C18H24BrFN2O2/c1-13(23)22-10-15-9-21(6-5-18(15,11-22)12-24-2)8-14-3-4-16(19)7-17(14)20/h3-4,7,15H,5-6,8-12H2,1-2H3/t15-,18+/m1/s1. The number of fused-ring (bicyclic) bond motifs is 1. The second-order valence-electron chi connectivity index (χ2n) is 7.11. The summed E-state index contributed by atoms with van der Waals surface area (Å²) in [6, 6.07) is 5.24. The highest BCUT2D eigenvalue weighted by molar-refractivity contribution is 9.10. The molecule has 2 atom stereocenters. The van der Waals surface area contributed by atoms with Gasteiger partial charge in [0.2, 0.25) is 5.91 Å². The van der Waals surface area contributed by atoms with E-state index in [1.807, 2.05) is 17.0 Å². The number of hydrogen-bond acceptors (Lipinski definition) is 3. The van der Waals surface area contributed by atoms with E-state index in [4.69, 9.17) is 4.74 Å². The van der Waals surface area contributed by atoms with Crippen LogP contribution in [0.25, 0.3) is 0 Å². The molecular weight excluding hydrogens is 375 g/mol. The highest BCUT2D eigenvalue weighted by Gasteiger charge is 2.50. The van der Waals surface area contributed by atoms with Crippen molar-refractivity contribution >= 4 is 21.8 Å². The number of carbonyl (C=O) groups excluding carboxylic acids is 1. The van der Waals surface area contributed by atoms with Crippen LogP contribution in [0.15, 0.2) is 22.7 Å². The third kappa shape index (κ3) is 3.51. The quantitative estimate of drug-likeness (QED) is 0.781. The van der Waals surface area contributed by atoms with Crippen LogP contribution in [0.3, 0.4) is 0 Å². The van der Waals surface area contributed by atoms with E-state index in [2.05, 4.69) is 20.8 Å². The van der Waals surface area contributed by atoms with E-state index in [1.165, 1.54) is 6.07 Å². The molecule has 1 aromatic carbocycles. The molecule has 0 radical (unpaired) electrons. The highest BCUT2D eigenvalue weighted by Crippen LogP contribution is 2.43. The van der Waals surface area contributed by atoms with Gasteiger partial charge in [-0.1, -0.05) is 22.0 Å². The minimum Gasteiger partial charge on any atom is -0.384 e. The normalized spacial score (nSPS) is 27.3. The number of piperidine rings is 1. The average molecular weight is 399 g/mol. The van der Waals surface area contributed by atoms with Gasteiger partial charge in [-0.25, -0.2) is 4.39 Å². The Labute approximate surface area is 151 Å². The Morgan fingerprint density at radius 1 is 1.46 bits per heavy atom. The first-order chi connectivity index (χ1) is 11.4.